The highest BCUT2D eigenvalue weighted by atomic mass is 16.1. The van der Waals surface area contributed by atoms with E-state index in [0.29, 0.717) is 18.0 Å². The molecule has 2 rings (SSSR count). The van der Waals surface area contributed by atoms with Gasteiger partial charge in [-0.1, -0.05) is 6.58 Å². The summed E-state index contributed by atoms with van der Waals surface area (Å²) < 4.78 is 0. The summed E-state index contributed by atoms with van der Waals surface area (Å²) >= 11 is 0. The number of fused-ring (bicyclic) bond motifs is 1. The van der Waals surface area contributed by atoms with Crippen LogP contribution in [0.2, 0.25) is 0 Å². The number of carbonyl (C=O) groups is 2. The first kappa shape index (κ1) is 8.99. The zero-order valence-corrected chi connectivity index (χ0v) is 7.75. The molecule has 0 heterocycles. The van der Waals surface area contributed by atoms with E-state index in [0.717, 1.165) is 12.8 Å². The summed E-state index contributed by atoms with van der Waals surface area (Å²) in [6, 6.07) is -0.355. The molecule has 2 N–H and O–H groups in total. The summed E-state index contributed by atoms with van der Waals surface area (Å²) in [5, 5.41) is 5.39. The average Bonchev–Trinajstić information content (AvgIpc) is 2.91. The van der Waals surface area contributed by atoms with Crippen LogP contribution in [0.1, 0.15) is 12.8 Å². The SMILES string of the molecule is C=CNC1=C2CC2CC(NC=O)C1=O. The molecule has 0 saturated heterocycles. The molecule has 4 nitrogen and oxygen atoms in total. The Kier molecular flexibility index (Phi) is 2.11. The Hall–Kier alpha value is -1.58. The maximum Gasteiger partial charge on any atom is 0.207 e. The second kappa shape index (κ2) is 3.29. The predicted molar refractivity (Wildman–Crippen MR) is 51.1 cm³/mol. The van der Waals surface area contributed by atoms with E-state index in [2.05, 4.69) is 17.2 Å². The van der Waals surface area contributed by atoms with E-state index >= 15 is 0 Å². The number of ketones is 1. The third-order valence-electron chi connectivity index (χ3n) is 2.72. The summed E-state index contributed by atoms with van der Waals surface area (Å²) in [6.45, 7) is 3.53. The van der Waals surface area contributed by atoms with Crippen molar-refractivity contribution in [1.29, 1.82) is 0 Å². The molecule has 0 aromatic heterocycles. The maximum atomic E-state index is 11.8. The minimum Gasteiger partial charge on any atom is -0.359 e. The van der Waals surface area contributed by atoms with Gasteiger partial charge in [-0.15, -0.1) is 0 Å². The molecular weight excluding hydrogens is 180 g/mol. The van der Waals surface area contributed by atoms with Crippen molar-refractivity contribution in [2.24, 2.45) is 5.92 Å². The lowest BCUT2D eigenvalue weighted by molar-refractivity contribution is -0.121. The van der Waals surface area contributed by atoms with Crippen molar-refractivity contribution in [3.05, 3.63) is 24.0 Å². The lowest BCUT2D eigenvalue weighted by atomic mass is 9.97. The van der Waals surface area contributed by atoms with Crippen LogP contribution in [0.4, 0.5) is 0 Å². The average molecular weight is 192 g/mol. The normalized spacial score (nSPS) is 29.3. The zero-order valence-electron chi connectivity index (χ0n) is 7.75. The molecule has 1 saturated carbocycles. The fourth-order valence-electron chi connectivity index (χ4n) is 1.95. The lowest BCUT2D eigenvalue weighted by Gasteiger charge is -2.19. The van der Waals surface area contributed by atoms with Crippen LogP contribution in [-0.2, 0) is 9.59 Å². The minimum absolute atomic E-state index is 0.0271. The van der Waals surface area contributed by atoms with Crippen molar-refractivity contribution >= 4 is 12.2 Å². The van der Waals surface area contributed by atoms with E-state index in [-0.39, 0.29) is 11.8 Å². The van der Waals surface area contributed by atoms with Gasteiger partial charge in [-0.2, -0.15) is 0 Å². The van der Waals surface area contributed by atoms with Gasteiger partial charge in [-0.3, -0.25) is 9.59 Å². The van der Waals surface area contributed by atoms with Crippen LogP contribution in [-0.4, -0.2) is 18.2 Å². The first-order valence-corrected chi connectivity index (χ1v) is 4.62. The van der Waals surface area contributed by atoms with Gasteiger partial charge in [0.2, 0.25) is 12.2 Å². The molecule has 2 aliphatic carbocycles. The van der Waals surface area contributed by atoms with Crippen LogP contribution in [0.3, 0.4) is 0 Å². The largest absolute Gasteiger partial charge is 0.359 e. The summed E-state index contributed by atoms with van der Waals surface area (Å²) in [7, 11) is 0. The highest BCUT2D eigenvalue weighted by Gasteiger charge is 2.43. The molecule has 74 valence electrons. The highest BCUT2D eigenvalue weighted by molar-refractivity contribution is 6.02. The van der Waals surface area contributed by atoms with Crippen molar-refractivity contribution in [2.45, 2.75) is 18.9 Å². The quantitative estimate of drug-likeness (QED) is 0.620. The molecule has 0 aliphatic heterocycles. The fraction of sp³-hybridized carbons (Fsp3) is 0.400. The van der Waals surface area contributed by atoms with Gasteiger partial charge in [0.1, 0.15) is 0 Å². The standard InChI is InChI=1S/C10H12N2O2/c1-2-11-9-7-3-6(7)4-8(10(9)14)12-5-13/h2,5-6,8,11H,1,3-4H2,(H,12,13). The molecule has 2 unspecified atom stereocenters. The van der Waals surface area contributed by atoms with E-state index in [1.165, 1.54) is 11.8 Å². The lowest BCUT2D eigenvalue weighted by Crippen LogP contribution is -2.41. The van der Waals surface area contributed by atoms with Crippen LogP contribution >= 0.6 is 0 Å². The predicted octanol–water partition coefficient (Wildman–Crippen LogP) is 0.0809. The number of hydrogen-bond acceptors (Lipinski definition) is 3. The van der Waals surface area contributed by atoms with Gasteiger partial charge in [-0.25, -0.2) is 0 Å². The van der Waals surface area contributed by atoms with Gasteiger partial charge >= 0.3 is 0 Å². The molecule has 0 spiro atoms. The molecule has 14 heavy (non-hydrogen) atoms. The van der Waals surface area contributed by atoms with Gasteiger partial charge in [-0.05, 0) is 30.5 Å². The number of carbonyl (C=O) groups excluding carboxylic acids is 2. The topological polar surface area (TPSA) is 58.2 Å². The molecule has 2 aliphatic rings. The van der Waals surface area contributed by atoms with E-state index in [4.69, 9.17) is 0 Å². The Morgan fingerprint density at radius 2 is 2.29 bits per heavy atom. The van der Waals surface area contributed by atoms with E-state index < -0.39 is 0 Å². The Morgan fingerprint density at radius 1 is 1.50 bits per heavy atom. The summed E-state index contributed by atoms with van der Waals surface area (Å²) in [5.41, 5.74) is 1.81. The van der Waals surface area contributed by atoms with E-state index in [1.807, 2.05) is 0 Å². The number of amides is 1. The first-order valence-electron chi connectivity index (χ1n) is 4.62. The van der Waals surface area contributed by atoms with E-state index in [1.54, 1.807) is 0 Å². The molecule has 4 heteroatoms. The Bertz CT molecular complexity index is 333. The number of rotatable bonds is 4. The number of nitrogens with one attached hydrogen (secondary N) is 2. The van der Waals surface area contributed by atoms with Crippen LogP contribution < -0.4 is 10.6 Å². The second-order valence-electron chi connectivity index (χ2n) is 3.59. The summed E-state index contributed by atoms with van der Waals surface area (Å²) in [5.74, 6) is 0.452. The van der Waals surface area contributed by atoms with Crippen molar-refractivity contribution in [2.75, 3.05) is 0 Å². The number of Topliss-reactive ketones (excluding diaryl/α,β-unsaturated/α-hetero) is 1. The molecule has 0 aromatic carbocycles. The van der Waals surface area contributed by atoms with Gasteiger partial charge in [0, 0.05) is 0 Å². The summed E-state index contributed by atoms with van der Waals surface area (Å²) in [4.78, 5) is 22.0. The monoisotopic (exact) mass is 192 g/mol. The molecule has 1 fully saturated rings. The second-order valence-corrected chi connectivity index (χ2v) is 3.59. The molecule has 2 atom stereocenters. The zero-order chi connectivity index (χ0) is 10.1. The van der Waals surface area contributed by atoms with Crippen LogP contribution in [0.25, 0.3) is 0 Å². The molecule has 1 amide bonds. The molecule has 0 bridgehead atoms. The maximum absolute atomic E-state index is 11.8. The Labute approximate surface area is 82.1 Å². The van der Waals surface area contributed by atoms with Crippen LogP contribution in [0, 0.1) is 5.92 Å². The van der Waals surface area contributed by atoms with Crippen molar-refractivity contribution in [1.82, 2.24) is 10.6 Å². The van der Waals surface area contributed by atoms with Crippen molar-refractivity contribution in [3.63, 3.8) is 0 Å². The van der Waals surface area contributed by atoms with Crippen LogP contribution in [0.15, 0.2) is 24.0 Å². The van der Waals surface area contributed by atoms with Gasteiger partial charge < -0.3 is 10.6 Å². The highest BCUT2D eigenvalue weighted by Crippen LogP contribution is 2.46. The van der Waals surface area contributed by atoms with Gasteiger partial charge in [0.15, 0.2) is 0 Å². The molecule has 0 radical (unpaired) electrons. The van der Waals surface area contributed by atoms with Gasteiger partial charge in [0.25, 0.3) is 0 Å². The van der Waals surface area contributed by atoms with Crippen molar-refractivity contribution in [3.8, 4) is 0 Å². The third-order valence-corrected chi connectivity index (χ3v) is 2.72. The number of allylic oxidation sites excluding steroid dienone is 1. The Morgan fingerprint density at radius 3 is 2.93 bits per heavy atom. The van der Waals surface area contributed by atoms with Gasteiger partial charge in [0.05, 0.1) is 11.7 Å². The smallest absolute Gasteiger partial charge is 0.207 e. The van der Waals surface area contributed by atoms with E-state index in [9.17, 15) is 9.59 Å². The molecule has 0 aromatic rings. The summed E-state index contributed by atoms with van der Waals surface area (Å²) in [6.07, 6.45) is 3.80. The minimum atomic E-state index is -0.355. The number of hydrogen-bond donors (Lipinski definition) is 2. The molecular formula is C10H12N2O2. The fourth-order valence-corrected chi connectivity index (χ4v) is 1.95. The third kappa shape index (κ3) is 1.32. The first-order chi connectivity index (χ1) is 6.77. The Balaban J connectivity index is 2.18. The van der Waals surface area contributed by atoms with Crippen LogP contribution in [0.5, 0.6) is 0 Å². The van der Waals surface area contributed by atoms with Crippen molar-refractivity contribution < 1.29 is 9.59 Å².